The highest BCUT2D eigenvalue weighted by Crippen LogP contribution is 2.06. The Hall–Kier alpha value is -0.396. The minimum Gasteiger partial charge on any atom is -0.305 e. The van der Waals surface area contributed by atoms with Crippen molar-refractivity contribution < 1.29 is 14.3 Å². The molecule has 0 aromatic carbocycles. The second kappa shape index (κ2) is 4.59. The lowest BCUT2D eigenvalue weighted by Crippen LogP contribution is -2.27. The van der Waals surface area contributed by atoms with Crippen molar-refractivity contribution in [3.63, 3.8) is 0 Å². The summed E-state index contributed by atoms with van der Waals surface area (Å²) >= 11 is 0. The quantitative estimate of drug-likeness (QED) is 0.292. The predicted molar refractivity (Wildman–Crippen MR) is 54.4 cm³/mol. The van der Waals surface area contributed by atoms with E-state index >= 15 is 0 Å². The molecule has 0 amide bonds. The van der Waals surface area contributed by atoms with Crippen LogP contribution in [0, 0.1) is 0 Å². The number of hydrogen-bond donors (Lipinski definition) is 0. The first kappa shape index (κ1) is 11.6. The van der Waals surface area contributed by atoms with Crippen molar-refractivity contribution in [3.8, 4) is 0 Å². The zero-order chi connectivity index (χ0) is 9.78. The van der Waals surface area contributed by atoms with E-state index in [1.165, 1.54) is 0 Å². The molecule has 0 rings (SSSR count). The average Bonchev–Trinajstić information content (AvgIpc) is 1.97. The van der Waals surface area contributed by atoms with Gasteiger partial charge >= 0.3 is 5.97 Å². The molecular weight excluding hydrogens is 188 g/mol. The van der Waals surface area contributed by atoms with E-state index < -0.39 is 14.3 Å². The molecule has 0 spiro atoms. The SMILES string of the molecule is C=C(C[SiH3])C(=O)OO[Si](C)(C)C. The monoisotopic (exact) mass is 204 g/mol. The first-order valence-corrected chi connectivity index (χ1v) is 8.77. The normalized spacial score (nSPS) is 11.2. The molecule has 0 N–H and O–H groups in total. The summed E-state index contributed by atoms with van der Waals surface area (Å²) in [6.45, 7) is 9.41. The van der Waals surface area contributed by atoms with Crippen molar-refractivity contribution in [2.75, 3.05) is 0 Å². The molecule has 0 saturated heterocycles. The third-order valence-corrected chi connectivity index (χ3v) is 2.52. The van der Waals surface area contributed by atoms with E-state index in [-0.39, 0.29) is 0 Å². The Morgan fingerprint density at radius 1 is 1.50 bits per heavy atom. The number of rotatable bonds is 4. The van der Waals surface area contributed by atoms with E-state index in [0.29, 0.717) is 5.57 Å². The van der Waals surface area contributed by atoms with Crippen LogP contribution in [0.2, 0.25) is 25.7 Å². The van der Waals surface area contributed by atoms with Crippen LogP contribution < -0.4 is 0 Å². The Morgan fingerprint density at radius 3 is 2.33 bits per heavy atom. The van der Waals surface area contributed by atoms with E-state index in [9.17, 15) is 4.79 Å². The lowest BCUT2D eigenvalue weighted by atomic mass is 10.4. The first-order chi connectivity index (χ1) is 5.37. The number of carbonyl (C=O) groups is 1. The molecule has 0 aliphatic rings. The van der Waals surface area contributed by atoms with Gasteiger partial charge in [0.15, 0.2) is 0 Å². The lowest BCUT2D eigenvalue weighted by molar-refractivity contribution is -0.214. The molecule has 0 saturated carbocycles. The van der Waals surface area contributed by atoms with Crippen molar-refractivity contribution in [3.05, 3.63) is 12.2 Å². The Labute approximate surface area is 77.2 Å². The van der Waals surface area contributed by atoms with Crippen LogP contribution in [0.3, 0.4) is 0 Å². The highest BCUT2D eigenvalue weighted by molar-refractivity contribution is 6.69. The molecule has 0 aliphatic heterocycles. The molecule has 0 atom stereocenters. The van der Waals surface area contributed by atoms with Crippen LogP contribution in [0.15, 0.2) is 12.2 Å². The summed E-state index contributed by atoms with van der Waals surface area (Å²) in [6, 6.07) is 0.730. The van der Waals surface area contributed by atoms with Crippen molar-refractivity contribution in [1.29, 1.82) is 0 Å². The third-order valence-electron chi connectivity index (χ3n) is 1.08. The van der Waals surface area contributed by atoms with Crippen molar-refractivity contribution in [1.82, 2.24) is 0 Å². The van der Waals surface area contributed by atoms with Crippen LogP contribution in [-0.4, -0.2) is 24.5 Å². The van der Waals surface area contributed by atoms with E-state index in [2.05, 4.69) is 11.5 Å². The van der Waals surface area contributed by atoms with Gasteiger partial charge in [-0.05, 0) is 25.7 Å². The third kappa shape index (κ3) is 5.28. The molecule has 3 nitrogen and oxygen atoms in total. The standard InChI is InChI=1S/C7H16O3Si2/c1-6(5-11)7(8)9-10-12(2,3)4/h1,5H2,2-4,11H3. The Bertz CT molecular complexity index is 184. The fourth-order valence-corrected chi connectivity index (χ4v) is 0.980. The number of hydrogen-bond acceptors (Lipinski definition) is 3. The molecule has 0 aromatic heterocycles. The zero-order valence-corrected chi connectivity index (χ0v) is 11.1. The second-order valence-corrected chi connectivity index (χ2v) is 8.62. The fraction of sp³-hybridized carbons (Fsp3) is 0.571. The Kier molecular flexibility index (Phi) is 4.43. The maximum Gasteiger partial charge on any atom is 0.366 e. The molecule has 0 fully saturated rings. The van der Waals surface area contributed by atoms with Gasteiger partial charge in [-0.2, -0.15) is 0 Å². The Morgan fingerprint density at radius 2 is 2.00 bits per heavy atom. The van der Waals surface area contributed by atoms with Crippen LogP contribution in [0.25, 0.3) is 0 Å². The summed E-state index contributed by atoms with van der Waals surface area (Å²) in [5.41, 5.74) is 0.500. The van der Waals surface area contributed by atoms with Crippen LogP contribution in [0.1, 0.15) is 0 Å². The lowest BCUT2D eigenvalue weighted by Gasteiger charge is -2.14. The van der Waals surface area contributed by atoms with Crippen molar-refractivity contribution >= 4 is 24.5 Å². The largest absolute Gasteiger partial charge is 0.366 e. The summed E-state index contributed by atoms with van der Waals surface area (Å²) in [6.07, 6.45) is 0. The van der Waals surface area contributed by atoms with E-state index in [1.807, 2.05) is 19.6 Å². The second-order valence-electron chi connectivity index (χ2n) is 3.52. The van der Waals surface area contributed by atoms with Gasteiger partial charge in [0, 0.05) is 15.8 Å². The maximum absolute atomic E-state index is 11.0. The molecular formula is C7H16O3Si2. The van der Waals surface area contributed by atoms with Crippen molar-refractivity contribution in [2.45, 2.75) is 25.7 Å². The average molecular weight is 204 g/mol. The van der Waals surface area contributed by atoms with Gasteiger partial charge in [0.25, 0.3) is 0 Å². The van der Waals surface area contributed by atoms with Crippen LogP contribution >= 0.6 is 0 Å². The van der Waals surface area contributed by atoms with Crippen LogP contribution in [-0.2, 0) is 14.3 Å². The first-order valence-electron chi connectivity index (χ1n) is 3.94. The van der Waals surface area contributed by atoms with Gasteiger partial charge < -0.3 is 4.89 Å². The van der Waals surface area contributed by atoms with E-state index in [4.69, 9.17) is 4.58 Å². The molecule has 0 heterocycles. The van der Waals surface area contributed by atoms with Gasteiger partial charge in [0.2, 0.25) is 8.32 Å². The smallest absolute Gasteiger partial charge is 0.305 e. The van der Waals surface area contributed by atoms with Gasteiger partial charge in [0.05, 0.1) is 0 Å². The molecule has 0 aromatic rings. The molecule has 70 valence electrons. The summed E-state index contributed by atoms with van der Waals surface area (Å²) in [4.78, 5) is 15.6. The van der Waals surface area contributed by atoms with E-state index in [0.717, 1.165) is 16.3 Å². The van der Waals surface area contributed by atoms with Gasteiger partial charge in [-0.25, -0.2) is 9.37 Å². The minimum atomic E-state index is -1.75. The zero-order valence-electron chi connectivity index (χ0n) is 8.14. The van der Waals surface area contributed by atoms with Gasteiger partial charge in [0.1, 0.15) is 0 Å². The highest BCUT2D eigenvalue weighted by atomic mass is 28.4. The summed E-state index contributed by atoms with van der Waals surface area (Å²) < 4.78 is 4.96. The molecule has 5 heteroatoms. The van der Waals surface area contributed by atoms with Gasteiger partial charge in [-0.1, -0.05) is 6.58 Å². The fourth-order valence-electron chi connectivity index (χ4n) is 0.366. The molecule has 0 unspecified atom stereocenters. The van der Waals surface area contributed by atoms with E-state index in [1.54, 1.807) is 0 Å². The Balaban J connectivity index is 3.80. The van der Waals surface area contributed by atoms with Gasteiger partial charge in [-0.3, -0.25) is 0 Å². The van der Waals surface area contributed by atoms with Gasteiger partial charge in [-0.15, -0.1) is 0 Å². The van der Waals surface area contributed by atoms with Crippen LogP contribution in [0.5, 0.6) is 0 Å². The minimum absolute atomic E-state index is 0.424. The number of carbonyl (C=O) groups excluding carboxylic acids is 1. The van der Waals surface area contributed by atoms with Crippen molar-refractivity contribution in [2.24, 2.45) is 0 Å². The molecule has 0 aliphatic carbocycles. The molecule has 0 bridgehead atoms. The summed E-state index contributed by atoms with van der Waals surface area (Å²) in [5.74, 6) is -0.424. The summed E-state index contributed by atoms with van der Waals surface area (Å²) in [5, 5.41) is 0. The predicted octanol–water partition coefficient (Wildman–Crippen LogP) is 0.636. The molecule has 0 radical (unpaired) electrons. The highest BCUT2D eigenvalue weighted by Gasteiger charge is 2.19. The van der Waals surface area contributed by atoms with Crippen LogP contribution in [0.4, 0.5) is 0 Å². The summed E-state index contributed by atoms with van der Waals surface area (Å²) in [7, 11) is -0.829. The maximum atomic E-state index is 11.0. The topological polar surface area (TPSA) is 35.5 Å². The molecule has 12 heavy (non-hydrogen) atoms.